The molecule has 0 N–H and O–H groups in total. The summed E-state index contributed by atoms with van der Waals surface area (Å²) >= 11 is 0. The van der Waals surface area contributed by atoms with Crippen molar-refractivity contribution in [3.63, 3.8) is 0 Å². The largest absolute Gasteiger partial charge is 0.497 e. The zero-order chi connectivity index (χ0) is 22.7. The van der Waals surface area contributed by atoms with Gasteiger partial charge in [-0.25, -0.2) is 0 Å². The number of fused-ring (bicyclic) bond motifs is 1. The van der Waals surface area contributed by atoms with E-state index < -0.39 is 0 Å². The van der Waals surface area contributed by atoms with Gasteiger partial charge in [-0.15, -0.1) is 0 Å². The Kier molecular flexibility index (Phi) is 6.26. The first-order chi connectivity index (χ1) is 15.3. The fourth-order valence-corrected chi connectivity index (χ4v) is 3.83. The average molecular weight is 439 g/mol. The smallest absolute Gasteiger partial charge is 0.231 e. The molecule has 2 aliphatic rings. The monoisotopic (exact) mass is 438 g/mol. The second-order valence-electron chi connectivity index (χ2n) is 9.40. The number of amides is 1. The number of hydrogen-bond donors (Lipinski definition) is 0. The lowest BCUT2D eigenvalue weighted by atomic mass is 9.91. The highest BCUT2D eigenvalue weighted by Crippen LogP contribution is 2.34. The number of carbonyl (C=O) groups is 1. The van der Waals surface area contributed by atoms with Crippen LogP contribution in [-0.4, -0.2) is 43.1 Å². The highest BCUT2D eigenvalue weighted by molar-refractivity contribution is 6.01. The molecule has 0 saturated heterocycles. The van der Waals surface area contributed by atoms with Crippen molar-refractivity contribution in [2.45, 2.75) is 46.3 Å². The number of methoxy groups -OCH3 is 1. The third kappa shape index (κ3) is 5.33. The lowest BCUT2D eigenvalue weighted by Gasteiger charge is -2.28. The van der Waals surface area contributed by atoms with Gasteiger partial charge in [0, 0.05) is 24.9 Å². The summed E-state index contributed by atoms with van der Waals surface area (Å²) in [5, 5.41) is 4.30. The van der Waals surface area contributed by atoms with Gasteiger partial charge in [-0.2, -0.15) is 0 Å². The van der Waals surface area contributed by atoms with E-state index in [0.717, 1.165) is 28.3 Å². The van der Waals surface area contributed by atoms with Crippen LogP contribution in [0.25, 0.3) is 0 Å². The molecule has 1 atom stereocenters. The Bertz CT molecular complexity index is 1010. The molecule has 1 amide bonds. The quantitative estimate of drug-likeness (QED) is 0.642. The molecule has 1 unspecified atom stereocenters. The van der Waals surface area contributed by atoms with Crippen molar-refractivity contribution >= 4 is 11.6 Å². The number of rotatable bonds is 7. The summed E-state index contributed by atoms with van der Waals surface area (Å²) in [4.78, 5) is 20.8. The average Bonchev–Trinajstić information content (AvgIpc) is 3.41. The van der Waals surface area contributed by atoms with E-state index in [0.29, 0.717) is 31.7 Å². The van der Waals surface area contributed by atoms with Crippen molar-refractivity contribution in [1.29, 1.82) is 0 Å². The first kappa shape index (κ1) is 22.0. The Morgan fingerprint density at radius 2 is 1.97 bits per heavy atom. The second-order valence-corrected chi connectivity index (χ2v) is 9.40. The normalized spacial score (nSPS) is 17.0. The Labute approximate surface area is 188 Å². The number of carbonyl (C=O) groups excluding carboxylic acids is 1. The summed E-state index contributed by atoms with van der Waals surface area (Å²) in [7, 11) is 1.64. The molecule has 7 nitrogen and oxygen atoms in total. The van der Waals surface area contributed by atoms with Gasteiger partial charge in [0.05, 0.1) is 19.4 Å². The molecule has 2 aromatic carbocycles. The van der Waals surface area contributed by atoms with Gasteiger partial charge in [-0.05, 0) is 41.3 Å². The Hall–Kier alpha value is -3.22. The molecule has 2 aromatic rings. The van der Waals surface area contributed by atoms with Crippen LogP contribution in [-0.2, 0) is 16.2 Å². The van der Waals surface area contributed by atoms with Crippen LogP contribution < -0.4 is 14.2 Å². The van der Waals surface area contributed by atoms with E-state index in [-0.39, 0.29) is 24.2 Å². The Morgan fingerprint density at radius 3 is 2.75 bits per heavy atom. The van der Waals surface area contributed by atoms with Crippen LogP contribution in [0.2, 0.25) is 0 Å². The first-order valence-corrected chi connectivity index (χ1v) is 10.8. The molecular weight excluding hydrogens is 408 g/mol. The summed E-state index contributed by atoms with van der Waals surface area (Å²) in [5.41, 5.74) is 2.70. The van der Waals surface area contributed by atoms with Crippen LogP contribution >= 0.6 is 0 Å². The van der Waals surface area contributed by atoms with Crippen molar-refractivity contribution < 1.29 is 23.8 Å². The van der Waals surface area contributed by atoms with Crippen LogP contribution in [0.4, 0.5) is 0 Å². The maximum atomic E-state index is 13.2. The van der Waals surface area contributed by atoms with Gasteiger partial charge in [0.15, 0.2) is 17.6 Å². The number of nitrogens with zero attached hydrogens (tertiary/aromatic N) is 2. The second kappa shape index (κ2) is 9.10. The molecule has 0 bridgehead atoms. The van der Waals surface area contributed by atoms with Gasteiger partial charge < -0.3 is 23.9 Å². The molecule has 4 rings (SSSR count). The summed E-state index contributed by atoms with van der Waals surface area (Å²) in [6, 6.07) is 13.6. The van der Waals surface area contributed by atoms with Crippen molar-refractivity contribution in [2.24, 2.45) is 10.6 Å². The third-order valence-corrected chi connectivity index (χ3v) is 5.40. The highest BCUT2D eigenvalue weighted by Gasteiger charge is 2.29. The minimum atomic E-state index is -0.204. The van der Waals surface area contributed by atoms with Gasteiger partial charge in [0.1, 0.15) is 5.75 Å². The molecule has 2 aliphatic heterocycles. The van der Waals surface area contributed by atoms with Crippen LogP contribution in [0.15, 0.2) is 47.6 Å². The summed E-state index contributed by atoms with van der Waals surface area (Å²) < 4.78 is 16.2. The number of benzene rings is 2. The van der Waals surface area contributed by atoms with Gasteiger partial charge in [-0.3, -0.25) is 4.79 Å². The molecular formula is C25H30N2O5. The lowest BCUT2D eigenvalue weighted by Crippen LogP contribution is -2.38. The van der Waals surface area contributed by atoms with E-state index in [1.807, 2.05) is 47.4 Å². The lowest BCUT2D eigenvalue weighted by molar-refractivity contribution is -0.135. The Morgan fingerprint density at radius 1 is 1.16 bits per heavy atom. The van der Waals surface area contributed by atoms with Crippen molar-refractivity contribution in [2.75, 3.05) is 20.4 Å². The summed E-state index contributed by atoms with van der Waals surface area (Å²) in [6.45, 7) is 7.40. The van der Waals surface area contributed by atoms with E-state index in [1.54, 1.807) is 7.11 Å². The zero-order valence-electron chi connectivity index (χ0n) is 19.1. The van der Waals surface area contributed by atoms with Gasteiger partial charge in [0.2, 0.25) is 12.7 Å². The van der Waals surface area contributed by atoms with Crippen LogP contribution in [0.5, 0.6) is 17.2 Å². The van der Waals surface area contributed by atoms with Crippen molar-refractivity contribution in [1.82, 2.24) is 4.90 Å². The predicted molar refractivity (Wildman–Crippen MR) is 121 cm³/mol. The van der Waals surface area contributed by atoms with Gasteiger partial charge >= 0.3 is 0 Å². The maximum absolute atomic E-state index is 13.2. The minimum Gasteiger partial charge on any atom is -0.497 e. The van der Waals surface area contributed by atoms with Crippen LogP contribution in [0, 0.1) is 5.41 Å². The van der Waals surface area contributed by atoms with Crippen LogP contribution in [0.3, 0.4) is 0 Å². The van der Waals surface area contributed by atoms with E-state index in [4.69, 9.17) is 19.0 Å². The Balaban J connectivity index is 1.45. The van der Waals surface area contributed by atoms with Crippen molar-refractivity contribution in [3.8, 4) is 17.2 Å². The minimum absolute atomic E-state index is 0.0976. The summed E-state index contributed by atoms with van der Waals surface area (Å²) in [5.74, 6) is 2.33. The molecule has 170 valence electrons. The summed E-state index contributed by atoms with van der Waals surface area (Å²) in [6.07, 6.45) is 0.876. The molecule has 0 fully saturated rings. The molecule has 0 radical (unpaired) electrons. The standard InChI is InChI=1S/C25H30N2O5/c1-25(2,3)13-24(28)27(14-17-6-5-7-19(10-17)29-4)15-20-12-21(26-32-20)18-8-9-22-23(11-18)31-16-30-22/h5-11,20H,12-16H2,1-4H3. The molecule has 0 saturated carbocycles. The topological polar surface area (TPSA) is 69.6 Å². The molecule has 0 aromatic heterocycles. The fourth-order valence-electron chi connectivity index (χ4n) is 3.83. The fraction of sp³-hybridized carbons (Fsp3) is 0.440. The SMILES string of the molecule is COc1cccc(CN(CC2CC(c3ccc4c(c3)OCO4)=NO2)C(=O)CC(C)(C)C)c1. The van der Waals surface area contributed by atoms with E-state index >= 15 is 0 Å². The van der Waals surface area contributed by atoms with Crippen molar-refractivity contribution in [3.05, 3.63) is 53.6 Å². The van der Waals surface area contributed by atoms with Crippen LogP contribution in [0.1, 0.15) is 44.7 Å². The number of ether oxygens (including phenoxy) is 3. The molecule has 32 heavy (non-hydrogen) atoms. The number of hydrogen-bond acceptors (Lipinski definition) is 6. The van der Waals surface area contributed by atoms with E-state index in [2.05, 4.69) is 25.9 Å². The maximum Gasteiger partial charge on any atom is 0.231 e. The first-order valence-electron chi connectivity index (χ1n) is 10.8. The third-order valence-electron chi connectivity index (χ3n) is 5.40. The molecule has 7 heteroatoms. The van der Waals surface area contributed by atoms with E-state index in [9.17, 15) is 4.79 Å². The zero-order valence-corrected chi connectivity index (χ0v) is 19.1. The number of oxime groups is 1. The molecule has 0 spiro atoms. The highest BCUT2D eigenvalue weighted by atomic mass is 16.7. The van der Waals surface area contributed by atoms with Gasteiger partial charge in [0.25, 0.3) is 0 Å². The molecule has 2 heterocycles. The molecule has 0 aliphatic carbocycles. The predicted octanol–water partition coefficient (Wildman–Crippen LogP) is 4.38. The van der Waals surface area contributed by atoms with E-state index in [1.165, 1.54) is 0 Å². The van der Waals surface area contributed by atoms with Gasteiger partial charge in [-0.1, -0.05) is 38.1 Å².